The lowest BCUT2D eigenvalue weighted by molar-refractivity contribution is 0.476. The molecule has 0 saturated carbocycles. The Morgan fingerprint density at radius 2 is 2.17 bits per heavy atom. The fourth-order valence-electron chi connectivity index (χ4n) is 2.74. The van der Waals surface area contributed by atoms with Gasteiger partial charge >= 0.3 is 0 Å². The molecule has 0 saturated heterocycles. The monoisotopic (exact) mass is 325 g/mol. The van der Waals surface area contributed by atoms with Crippen LogP contribution in [-0.2, 0) is 20.1 Å². The molecule has 0 aliphatic heterocycles. The van der Waals surface area contributed by atoms with Gasteiger partial charge in [0, 0.05) is 51.3 Å². The number of hydrogen-bond donors (Lipinski definition) is 1. The number of guanidine groups is 1. The Labute approximate surface area is 141 Å². The van der Waals surface area contributed by atoms with Crippen LogP contribution in [0.4, 0.5) is 0 Å². The van der Waals surface area contributed by atoms with E-state index >= 15 is 0 Å². The minimum Gasteiger partial charge on any atom is -0.351 e. The molecule has 1 N–H and O–H groups in total. The Hall–Kier alpha value is -2.83. The van der Waals surface area contributed by atoms with Crippen LogP contribution in [0.2, 0.25) is 0 Å². The van der Waals surface area contributed by atoms with E-state index in [0.717, 1.165) is 29.4 Å². The van der Waals surface area contributed by atoms with Crippen LogP contribution in [0.3, 0.4) is 0 Å². The Kier molecular flexibility index (Phi) is 4.50. The van der Waals surface area contributed by atoms with Crippen molar-refractivity contribution in [2.24, 2.45) is 12.0 Å². The highest BCUT2D eigenvalue weighted by Crippen LogP contribution is 2.08. The molecule has 0 amide bonds. The summed E-state index contributed by atoms with van der Waals surface area (Å²) in [5.74, 6) is 0.827. The van der Waals surface area contributed by atoms with Gasteiger partial charge in [-0.05, 0) is 19.1 Å². The summed E-state index contributed by atoms with van der Waals surface area (Å²) in [7, 11) is 5.72. The third-order valence-electron chi connectivity index (χ3n) is 3.92. The summed E-state index contributed by atoms with van der Waals surface area (Å²) in [6, 6.07) is 6.11. The summed E-state index contributed by atoms with van der Waals surface area (Å²) >= 11 is 0. The highest BCUT2D eigenvalue weighted by atomic mass is 15.3. The number of aliphatic imine (C=N–C) groups is 1. The molecule has 7 nitrogen and oxygen atoms in total. The average Bonchev–Trinajstić information content (AvgIpc) is 3.15. The van der Waals surface area contributed by atoms with Crippen LogP contribution in [0.25, 0.3) is 5.65 Å². The number of nitrogens with zero attached hydrogens (tertiary/aromatic N) is 6. The summed E-state index contributed by atoms with van der Waals surface area (Å²) in [6.07, 6.45) is 5.94. The van der Waals surface area contributed by atoms with Crippen molar-refractivity contribution in [3.63, 3.8) is 0 Å². The lowest BCUT2D eigenvalue weighted by Crippen LogP contribution is -2.38. The lowest BCUT2D eigenvalue weighted by atomic mass is 10.3. The SMILES string of the molecule is CN=C(NCc1cn2c(C)cccc2n1)N(C)Cc1cnn(C)c1. The zero-order valence-corrected chi connectivity index (χ0v) is 14.6. The smallest absolute Gasteiger partial charge is 0.194 e. The number of fused-ring (bicyclic) bond motifs is 1. The molecule has 3 aromatic rings. The van der Waals surface area contributed by atoms with Crippen molar-refractivity contribution in [3.05, 3.63) is 53.7 Å². The first kappa shape index (κ1) is 16.0. The standard InChI is InChI=1S/C17H23N7/c1-13-6-5-7-16-21-15(12-24(13)16)9-19-17(18-2)22(3)10-14-8-20-23(4)11-14/h5-8,11-12H,9-10H2,1-4H3,(H,18,19). The molecule has 0 atom stereocenters. The predicted octanol–water partition coefficient (Wildman–Crippen LogP) is 1.58. The average molecular weight is 325 g/mol. The van der Waals surface area contributed by atoms with E-state index in [4.69, 9.17) is 0 Å². The van der Waals surface area contributed by atoms with Gasteiger partial charge in [0.1, 0.15) is 5.65 Å². The Balaban J connectivity index is 1.65. The minimum atomic E-state index is 0.630. The lowest BCUT2D eigenvalue weighted by Gasteiger charge is -2.21. The maximum atomic E-state index is 4.64. The van der Waals surface area contributed by atoms with Gasteiger partial charge in [-0.15, -0.1) is 0 Å². The first-order chi connectivity index (χ1) is 11.6. The van der Waals surface area contributed by atoms with Gasteiger partial charge in [0.05, 0.1) is 18.4 Å². The van der Waals surface area contributed by atoms with Crippen LogP contribution in [0.1, 0.15) is 17.0 Å². The number of pyridine rings is 1. The summed E-state index contributed by atoms with van der Waals surface area (Å²) < 4.78 is 3.90. The van der Waals surface area contributed by atoms with E-state index in [2.05, 4.69) is 48.9 Å². The largest absolute Gasteiger partial charge is 0.351 e. The van der Waals surface area contributed by atoms with Crippen LogP contribution >= 0.6 is 0 Å². The fraction of sp³-hybridized carbons (Fsp3) is 0.353. The normalized spacial score (nSPS) is 11.9. The van der Waals surface area contributed by atoms with E-state index < -0.39 is 0 Å². The Morgan fingerprint density at radius 1 is 1.33 bits per heavy atom. The second-order valence-corrected chi connectivity index (χ2v) is 5.91. The first-order valence-electron chi connectivity index (χ1n) is 7.89. The molecular weight excluding hydrogens is 302 g/mol. The molecule has 0 bridgehead atoms. The molecule has 0 radical (unpaired) electrons. The molecule has 7 heteroatoms. The van der Waals surface area contributed by atoms with Gasteiger partial charge in [0.25, 0.3) is 0 Å². The molecule has 3 rings (SSSR count). The van der Waals surface area contributed by atoms with E-state index in [1.807, 2.05) is 38.6 Å². The maximum absolute atomic E-state index is 4.64. The van der Waals surface area contributed by atoms with Crippen molar-refractivity contribution in [3.8, 4) is 0 Å². The van der Waals surface area contributed by atoms with E-state index in [9.17, 15) is 0 Å². The highest BCUT2D eigenvalue weighted by Gasteiger charge is 2.09. The van der Waals surface area contributed by atoms with Crippen LogP contribution in [-0.4, -0.2) is 44.1 Å². The van der Waals surface area contributed by atoms with Gasteiger partial charge in [0.2, 0.25) is 0 Å². The summed E-state index contributed by atoms with van der Waals surface area (Å²) in [4.78, 5) is 11.1. The fourth-order valence-corrected chi connectivity index (χ4v) is 2.74. The molecular formula is C17H23N7. The van der Waals surface area contributed by atoms with Crippen molar-refractivity contribution >= 4 is 11.6 Å². The Bertz CT molecular complexity index is 859. The first-order valence-corrected chi connectivity index (χ1v) is 7.89. The summed E-state index contributed by atoms with van der Waals surface area (Å²) in [5.41, 5.74) is 4.27. The van der Waals surface area contributed by atoms with Crippen molar-refractivity contribution in [2.45, 2.75) is 20.0 Å². The molecule has 0 aliphatic rings. The van der Waals surface area contributed by atoms with Crippen LogP contribution in [0.15, 0.2) is 41.8 Å². The van der Waals surface area contributed by atoms with Crippen molar-refractivity contribution in [2.75, 3.05) is 14.1 Å². The third kappa shape index (κ3) is 3.40. The summed E-state index contributed by atoms with van der Waals surface area (Å²) in [5, 5.41) is 7.56. The maximum Gasteiger partial charge on any atom is 0.194 e. The molecule has 0 aromatic carbocycles. The van der Waals surface area contributed by atoms with Crippen molar-refractivity contribution in [1.82, 2.24) is 29.4 Å². The number of nitrogens with one attached hydrogen (secondary N) is 1. The van der Waals surface area contributed by atoms with Gasteiger partial charge in [-0.3, -0.25) is 9.67 Å². The molecule has 0 fully saturated rings. The molecule has 0 aliphatic carbocycles. The predicted molar refractivity (Wildman–Crippen MR) is 94.8 cm³/mol. The van der Waals surface area contributed by atoms with Gasteiger partial charge in [-0.25, -0.2) is 4.98 Å². The molecule has 3 heterocycles. The highest BCUT2D eigenvalue weighted by molar-refractivity contribution is 5.79. The van der Waals surface area contributed by atoms with Gasteiger partial charge in [0.15, 0.2) is 5.96 Å². The van der Waals surface area contributed by atoms with Gasteiger partial charge < -0.3 is 14.6 Å². The van der Waals surface area contributed by atoms with Crippen LogP contribution in [0, 0.1) is 6.92 Å². The minimum absolute atomic E-state index is 0.630. The van der Waals surface area contributed by atoms with Gasteiger partial charge in [-0.1, -0.05) is 6.07 Å². The molecule has 126 valence electrons. The molecule has 0 unspecified atom stereocenters. The Morgan fingerprint density at radius 3 is 2.83 bits per heavy atom. The number of hydrogen-bond acceptors (Lipinski definition) is 3. The molecule has 24 heavy (non-hydrogen) atoms. The second-order valence-electron chi connectivity index (χ2n) is 5.91. The second kappa shape index (κ2) is 6.74. The van der Waals surface area contributed by atoms with E-state index in [-0.39, 0.29) is 0 Å². The topological polar surface area (TPSA) is 62.8 Å². The van der Waals surface area contributed by atoms with E-state index in [1.165, 1.54) is 5.69 Å². The van der Waals surface area contributed by atoms with Crippen LogP contribution in [0.5, 0.6) is 0 Å². The molecule has 0 spiro atoms. The summed E-state index contributed by atoms with van der Waals surface area (Å²) in [6.45, 7) is 3.45. The zero-order chi connectivity index (χ0) is 17.1. The number of rotatable bonds is 4. The van der Waals surface area contributed by atoms with Crippen molar-refractivity contribution < 1.29 is 0 Å². The van der Waals surface area contributed by atoms with E-state index in [0.29, 0.717) is 6.54 Å². The van der Waals surface area contributed by atoms with Gasteiger partial charge in [-0.2, -0.15) is 5.10 Å². The van der Waals surface area contributed by atoms with Crippen LogP contribution < -0.4 is 5.32 Å². The number of aromatic nitrogens is 4. The number of aryl methyl sites for hydroxylation is 2. The number of imidazole rings is 1. The third-order valence-corrected chi connectivity index (χ3v) is 3.92. The quantitative estimate of drug-likeness (QED) is 0.584. The molecule has 3 aromatic heterocycles. The van der Waals surface area contributed by atoms with Crippen molar-refractivity contribution in [1.29, 1.82) is 0 Å². The zero-order valence-electron chi connectivity index (χ0n) is 14.6. The van der Waals surface area contributed by atoms with E-state index in [1.54, 1.807) is 11.7 Å².